The van der Waals surface area contributed by atoms with Crippen LogP contribution >= 0.6 is 11.3 Å². The molecule has 0 amide bonds. The van der Waals surface area contributed by atoms with E-state index in [0.29, 0.717) is 6.54 Å². The van der Waals surface area contributed by atoms with Gasteiger partial charge in [0.1, 0.15) is 0 Å². The molecule has 3 nitrogen and oxygen atoms in total. The van der Waals surface area contributed by atoms with Gasteiger partial charge in [-0.1, -0.05) is 43.2 Å². The van der Waals surface area contributed by atoms with Gasteiger partial charge in [0, 0.05) is 6.54 Å². The van der Waals surface area contributed by atoms with Crippen LogP contribution in [0, 0.1) is 5.92 Å². The first kappa shape index (κ1) is 12.9. The Labute approximate surface area is 118 Å². The van der Waals surface area contributed by atoms with Gasteiger partial charge in [-0.05, 0) is 30.9 Å². The highest BCUT2D eigenvalue weighted by Crippen LogP contribution is 2.36. The average Bonchev–Trinajstić information content (AvgIpc) is 2.80. The largest absolute Gasteiger partial charge is 0.355 e. The van der Waals surface area contributed by atoms with E-state index in [1.807, 2.05) is 6.07 Å². The number of hydrogen-bond acceptors (Lipinski definition) is 4. The summed E-state index contributed by atoms with van der Waals surface area (Å²) in [6.07, 6.45) is 4.89. The van der Waals surface area contributed by atoms with Crippen molar-refractivity contribution < 1.29 is 0 Å². The number of fused-ring (bicyclic) bond motifs is 1. The molecule has 2 aromatic rings. The molecule has 1 aromatic heterocycles. The molecule has 1 aromatic carbocycles. The highest BCUT2D eigenvalue weighted by molar-refractivity contribution is 7.22. The Kier molecular flexibility index (Phi) is 3.46. The van der Waals surface area contributed by atoms with Crippen LogP contribution in [0.1, 0.15) is 32.6 Å². The molecule has 3 rings (SSSR count). The van der Waals surface area contributed by atoms with Crippen LogP contribution in [0.3, 0.4) is 0 Å². The van der Waals surface area contributed by atoms with Crippen molar-refractivity contribution in [3.63, 3.8) is 0 Å². The number of nitrogens with two attached hydrogens (primary N) is 1. The van der Waals surface area contributed by atoms with Crippen molar-refractivity contribution >= 4 is 26.7 Å². The summed E-state index contributed by atoms with van der Waals surface area (Å²) in [4.78, 5) is 4.68. The zero-order chi connectivity index (χ0) is 13.3. The van der Waals surface area contributed by atoms with Gasteiger partial charge in [-0.3, -0.25) is 0 Å². The molecule has 2 unspecified atom stereocenters. The Bertz CT molecular complexity index is 532. The second kappa shape index (κ2) is 5.10. The van der Waals surface area contributed by atoms with E-state index in [9.17, 15) is 0 Å². The summed E-state index contributed by atoms with van der Waals surface area (Å²) in [7, 11) is 0. The number of benzene rings is 1. The maximum atomic E-state index is 6.06. The van der Waals surface area contributed by atoms with Gasteiger partial charge in [0.15, 0.2) is 5.13 Å². The van der Waals surface area contributed by atoms with Crippen molar-refractivity contribution in [3.8, 4) is 0 Å². The third-order valence-electron chi connectivity index (χ3n) is 4.15. The monoisotopic (exact) mass is 275 g/mol. The molecule has 0 spiro atoms. The lowest BCUT2D eigenvalue weighted by molar-refractivity contribution is 0.264. The zero-order valence-corrected chi connectivity index (χ0v) is 12.2. The fourth-order valence-corrected chi connectivity index (χ4v) is 4.15. The maximum Gasteiger partial charge on any atom is 0.184 e. The normalized spacial score (nSPS) is 27.6. The molecule has 1 aliphatic carbocycles. The lowest BCUT2D eigenvalue weighted by Gasteiger charge is -2.39. The number of nitrogens with one attached hydrogen (secondary N) is 1. The number of hydrogen-bond donors (Lipinski definition) is 2. The summed E-state index contributed by atoms with van der Waals surface area (Å²) in [5.74, 6) is 0.749. The standard InChI is InChI=1S/C15H21N3S/c1-11-5-4-8-15(9-11,10-16)18-14-17-12-6-2-3-7-13(12)19-14/h2-3,6-7,11H,4-5,8-10,16H2,1H3,(H,17,18). The molecule has 0 aliphatic heterocycles. The average molecular weight is 275 g/mol. The van der Waals surface area contributed by atoms with Gasteiger partial charge in [-0.25, -0.2) is 4.98 Å². The van der Waals surface area contributed by atoms with Crippen molar-refractivity contribution in [2.45, 2.75) is 38.1 Å². The lowest BCUT2D eigenvalue weighted by Crippen LogP contribution is -2.48. The van der Waals surface area contributed by atoms with Crippen LogP contribution in [0.5, 0.6) is 0 Å². The van der Waals surface area contributed by atoms with Crippen LogP contribution in [0.15, 0.2) is 24.3 Å². The highest BCUT2D eigenvalue weighted by atomic mass is 32.1. The third-order valence-corrected chi connectivity index (χ3v) is 5.10. The van der Waals surface area contributed by atoms with E-state index < -0.39 is 0 Å². The summed E-state index contributed by atoms with van der Waals surface area (Å²) in [5, 5.41) is 4.66. The van der Waals surface area contributed by atoms with E-state index in [0.717, 1.165) is 29.4 Å². The molecule has 0 bridgehead atoms. The van der Waals surface area contributed by atoms with E-state index in [2.05, 4.69) is 35.4 Å². The molecule has 3 N–H and O–H groups in total. The highest BCUT2D eigenvalue weighted by Gasteiger charge is 2.34. The van der Waals surface area contributed by atoms with Crippen molar-refractivity contribution in [2.24, 2.45) is 11.7 Å². The number of aromatic nitrogens is 1. The zero-order valence-electron chi connectivity index (χ0n) is 11.4. The van der Waals surface area contributed by atoms with Gasteiger partial charge in [0.25, 0.3) is 0 Å². The molecule has 0 saturated heterocycles. The van der Waals surface area contributed by atoms with Crippen molar-refractivity contribution in [3.05, 3.63) is 24.3 Å². The summed E-state index contributed by atoms with van der Waals surface area (Å²) >= 11 is 1.73. The van der Waals surface area contributed by atoms with Gasteiger partial charge in [0.2, 0.25) is 0 Å². The summed E-state index contributed by atoms with van der Waals surface area (Å²) in [5.41, 5.74) is 7.18. The van der Waals surface area contributed by atoms with Gasteiger partial charge in [0.05, 0.1) is 15.8 Å². The first-order chi connectivity index (χ1) is 9.21. The van der Waals surface area contributed by atoms with Gasteiger partial charge in [-0.15, -0.1) is 0 Å². The van der Waals surface area contributed by atoms with Crippen LogP contribution in [-0.2, 0) is 0 Å². The summed E-state index contributed by atoms with van der Waals surface area (Å²) < 4.78 is 1.24. The fraction of sp³-hybridized carbons (Fsp3) is 0.533. The Hall–Kier alpha value is -1.13. The number of anilines is 1. The number of nitrogens with zero attached hydrogens (tertiary/aromatic N) is 1. The molecule has 0 radical (unpaired) electrons. The van der Waals surface area contributed by atoms with Crippen LogP contribution in [0.2, 0.25) is 0 Å². The van der Waals surface area contributed by atoms with Crippen molar-refractivity contribution in [2.75, 3.05) is 11.9 Å². The van der Waals surface area contributed by atoms with E-state index in [-0.39, 0.29) is 5.54 Å². The van der Waals surface area contributed by atoms with E-state index >= 15 is 0 Å². The molecule has 1 saturated carbocycles. The third kappa shape index (κ3) is 2.60. The Balaban J connectivity index is 1.85. The minimum atomic E-state index is 0.0472. The van der Waals surface area contributed by atoms with E-state index in [1.54, 1.807) is 11.3 Å². The van der Waals surface area contributed by atoms with Gasteiger partial charge in [-0.2, -0.15) is 0 Å². The maximum absolute atomic E-state index is 6.06. The van der Waals surface area contributed by atoms with Crippen molar-refractivity contribution in [1.82, 2.24) is 4.98 Å². The fourth-order valence-electron chi connectivity index (χ4n) is 3.16. The molecule has 2 atom stereocenters. The van der Waals surface area contributed by atoms with Crippen molar-refractivity contribution in [1.29, 1.82) is 0 Å². The first-order valence-corrected chi connectivity index (χ1v) is 7.86. The molecular weight excluding hydrogens is 254 g/mol. The van der Waals surface area contributed by atoms with Gasteiger partial charge < -0.3 is 11.1 Å². The van der Waals surface area contributed by atoms with Gasteiger partial charge >= 0.3 is 0 Å². The first-order valence-electron chi connectivity index (χ1n) is 7.05. The van der Waals surface area contributed by atoms with E-state index in [4.69, 9.17) is 5.73 Å². The predicted molar refractivity (Wildman–Crippen MR) is 82.7 cm³/mol. The molecule has 1 fully saturated rings. The van der Waals surface area contributed by atoms with Crippen LogP contribution in [0.25, 0.3) is 10.2 Å². The predicted octanol–water partition coefficient (Wildman–Crippen LogP) is 3.62. The SMILES string of the molecule is CC1CCCC(CN)(Nc2nc3ccccc3s2)C1. The Morgan fingerprint density at radius 1 is 1.47 bits per heavy atom. The number of rotatable bonds is 3. The topological polar surface area (TPSA) is 50.9 Å². The molecule has 1 heterocycles. The Morgan fingerprint density at radius 2 is 2.32 bits per heavy atom. The molecular formula is C15H21N3S. The quantitative estimate of drug-likeness (QED) is 0.899. The minimum Gasteiger partial charge on any atom is -0.355 e. The summed E-state index contributed by atoms with van der Waals surface area (Å²) in [6, 6.07) is 8.28. The van der Waals surface area contributed by atoms with E-state index in [1.165, 1.54) is 17.5 Å². The number of thiazole rings is 1. The van der Waals surface area contributed by atoms with Crippen LogP contribution in [0.4, 0.5) is 5.13 Å². The van der Waals surface area contributed by atoms with Crippen LogP contribution < -0.4 is 11.1 Å². The molecule has 102 valence electrons. The molecule has 1 aliphatic rings. The lowest BCUT2D eigenvalue weighted by atomic mass is 9.76. The van der Waals surface area contributed by atoms with Crippen LogP contribution in [-0.4, -0.2) is 17.1 Å². The number of para-hydroxylation sites is 1. The molecule has 19 heavy (non-hydrogen) atoms. The Morgan fingerprint density at radius 3 is 3.05 bits per heavy atom. The second-order valence-corrected chi connectivity index (χ2v) is 6.83. The second-order valence-electron chi connectivity index (χ2n) is 5.80. The summed E-state index contributed by atoms with van der Waals surface area (Å²) in [6.45, 7) is 3.01. The molecule has 4 heteroatoms. The minimum absolute atomic E-state index is 0.0472. The smallest absolute Gasteiger partial charge is 0.184 e.